The van der Waals surface area contributed by atoms with E-state index in [1.54, 1.807) is 16.1 Å². The molecule has 2 N–H and O–H groups in total. The normalized spacial score (nSPS) is 12.0. The largest absolute Gasteiger partial charge is 0.363 e. The van der Waals surface area contributed by atoms with Gasteiger partial charge in [0.1, 0.15) is 11.2 Å². The number of hydrogen-bond donors (Lipinski definition) is 2. The fourth-order valence-corrected chi connectivity index (χ4v) is 5.95. The molecule has 0 saturated carbocycles. The van der Waals surface area contributed by atoms with Gasteiger partial charge in [-0.1, -0.05) is 57.2 Å². The van der Waals surface area contributed by atoms with Crippen LogP contribution in [0.3, 0.4) is 0 Å². The molecule has 1 aromatic carbocycles. The summed E-state index contributed by atoms with van der Waals surface area (Å²) in [6, 6.07) is 17.5. The van der Waals surface area contributed by atoms with Crippen LogP contribution in [0.15, 0.2) is 76.7 Å². The number of amides is 1. The Morgan fingerprint density at radius 3 is 2.51 bits per heavy atom. The minimum Gasteiger partial charge on any atom is -0.363 e. The Bertz CT molecular complexity index is 1730. The van der Waals surface area contributed by atoms with Gasteiger partial charge in [0.05, 0.1) is 12.2 Å². The summed E-state index contributed by atoms with van der Waals surface area (Å²) in [7, 11) is -4.13. The summed E-state index contributed by atoms with van der Waals surface area (Å²) in [5.74, 6) is 0.198. The molecule has 200 valence electrons. The molecule has 1 amide bonds. The fourth-order valence-electron chi connectivity index (χ4n) is 3.98. The number of carbonyl (C=O) groups excluding carboxylic acids is 1. The van der Waals surface area contributed by atoms with Crippen LogP contribution in [0.25, 0.3) is 28.2 Å². The molecule has 4 heterocycles. The van der Waals surface area contributed by atoms with Crippen LogP contribution in [-0.2, 0) is 21.4 Å². The highest BCUT2D eigenvalue weighted by molar-refractivity contribution is 7.92. The summed E-state index contributed by atoms with van der Waals surface area (Å²) in [5.41, 5.74) is 3.46. The number of nitrogens with one attached hydrogen (secondary N) is 2. The lowest BCUT2D eigenvalue weighted by Gasteiger charge is -2.16. The van der Waals surface area contributed by atoms with Crippen molar-refractivity contribution in [1.82, 2.24) is 29.3 Å². The maximum Gasteiger partial charge on any atom is 0.291 e. The van der Waals surface area contributed by atoms with Crippen molar-refractivity contribution in [2.45, 2.75) is 38.1 Å². The van der Waals surface area contributed by atoms with Crippen LogP contribution in [0.1, 0.15) is 32.9 Å². The highest BCUT2D eigenvalue weighted by Crippen LogP contribution is 2.32. The van der Waals surface area contributed by atoms with E-state index in [2.05, 4.69) is 25.1 Å². The number of thiazole rings is 1. The zero-order valence-corrected chi connectivity index (χ0v) is 23.3. The van der Waals surface area contributed by atoms with Crippen molar-refractivity contribution >= 4 is 38.6 Å². The monoisotopic (exact) mass is 561 g/mol. The van der Waals surface area contributed by atoms with Gasteiger partial charge in [0.2, 0.25) is 16.1 Å². The Labute approximate surface area is 230 Å². The Balaban J connectivity index is 1.51. The molecule has 5 rings (SSSR count). The third-order valence-electron chi connectivity index (χ3n) is 5.64. The number of sulfonamides is 1. The van der Waals surface area contributed by atoms with Crippen molar-refractivity contribution in [3.8, 4) is 22.6 Å². The second-order valence-electron chi connectivity index (χ2n) is 10.1. The van der Waals surface area contributed by atoms with Gasteiger partial charge in [-0.05, 0) is 29.2 Å². The van der Waals surface area contributed by atoms with Crippen LogP contribution in [0.5, 0.6) is 0 Å². The summed E-state index contributed by atoms with van der Waals surface area (Å²) >= 11 is 0.901. The lowest BCUT2D eigenvalue weighted by molar-refractivity contribution is -0.121. The summed E-state index contributed by atoms with van der Waals surface area (Å²) in [4.78, 5) is 25.7. The van der Waals surface area contributed by atoms with E-state index >= 15 is 0 Å². The number of aromatic nitrogens is 5. The summed E-state index contributed by atoms with van der Waals surface area (Å²) < 4.78 is 29.2. The van der Waals surface area contributed by atoms with E-state index in [9.17, 15) is 13.2 Å². The number of carbonyl (C=O) groups is 1. The molecule has 39 heavy (non-hydrogen) atoms. The minimum atomic E-state index is -4.13. The van der Waals surface area contributed by atoms with Gasteiger partial charge in [-0.2, -0.15) is 8.42 Å². The maximum atomic E-state index is 12.8. The molecule has 12 heteroatoms. The first-order chi connectivity index (χ1) is 18.6. The molecule has 0 aliphatic carbocycles. The molecule has 0 saturated heterocycles. The highest BCUT2D eigenvalue weighted by Gasteiger charge is 2.26. The smallest absolute Gasteiger partial charge is 0.291 e. The van der Waals surface area contributed by atoms with Crippen LogP contribution < -0.4 is 10.0 Å². The molecule has 0 aliphatic heterocycles. The molecule has 0 atom stereocenters. The molecule has 0 bridgehead atoms. The van der Waals surface area contributed by atoms with Crippen molar-refractivity contribution < 1.29 is 13.2 Å². The number of benzene rings is 1. The summed E-state index contributed by atoms with van der Waals surface area (Å²) in [5, 5.41) is 9.55. The number of rotatable bonds is 8. The Hall–Kier alpha value is -4.16. The van der Waals surface area contributed by atoms with E-state index in [0.29, 0.717) is 12.4 Å². The van der Waals surface area contributed by atoms with Gasteiger partial charge in [-0.25, -0.2) is 19.2 Å². The van der Waals surface area contributed by atoms with Gasteiger partial charge in [-0.3, -0.25) is 9.78 Å². The molecule has 0 unspecified atom stereocenters. The molecule has 5 aromatic rings. The van der Waals surface area contributed by atoms with Gasteiger partial charge in [-0.15, -0.1) is 16.4 Å². The van der Waals surface area contributed by atoms with Crippen LogP contribution >= 0.6 is 11.3 Å². The molecule has 10 nitrogen and oxygen atoms in total. The topological polar surface area (TPSA) is 131 Å². The molecular weight excluding hydrogens is 534 g/mol. The molecule has 0 fully saturated rings. The standard InChI is InChI=1S/C27H27N7O3S2/c1-27(2,3)15-22(35)33-39(36,37)26-30-21(17-38-26)24-31-25(29-16-19-11-7-8-13-28-19)23-20(12-14-34(23)32-24)18-9-5-4-6-10-18/h4-14,17H,15-16H2,1-3H3,(H,33,35)(H,29,31,32). The Kier molecular flexibility index (Phi) is 7.15. The Morgan fingerprint density at radius 2 is 1.79 bits per heavy atom. The van der Waals surface area contributed by atoms with Crippen molar-refractivity contribution in [2.75, 3.05) is 5.32 Å². The lowest BCUT2D eigenvalue weighted by atomic mass is 9.92. The fraction of sp³-hybridized carbons (Fsp3) is 0.222. The number of anilines is 1. The quantitative estimate of drug-likeness (QED) is 0.277. The third kappa shape index (κ3) is 6.13. The highest BCUT2D eigenvalue weighted by atomic mass is 32.2. The van der Waals surface area contributed by atoms with E-state index in [1.165, 1.54) is 0 Å². The zero-order valence-electron chi connectivity index (χ0n) is 21.6. The first-order valence-corrected chi connectivity index (χ1v) is 14.6. The second-order valence-corrected chi connectivity index (χ2v) is 12.8. The first kappa shape index (κ1) is 26.4. The minimum absolute atomic E-state index is 0.0624. The number of nitrogens with zero attached hydrogens (tertiary/aromatic N) is 5. The summed E-state index contributed by atoms with van der Waals surface area (Å²) in [6.07, 6.45) is 3.61. The molecular formula is C27H27N7O3S2. The number of pyridine rings is 1. The predicted octanol–water partition coefficient (Wildman–Crippen LogP) is 4.77. The zero-order chi connectivity index (χ0) is 27.6. The van der Waals surface area contributed by atoms with E-state index in [0.717, 1.165) is 33.7 Å². The van der Waals surface area contributed by atoms with Crippen molar-refractivity contribution in [2.24, 2.45) is 5.41 Å². The van der Waals surface area contributed by atoms with Crippen LogP contribution in [-0.4, -0.2) is 38.9 Å². The molecule has 0 aliphatic rings. The molecule has 0 spiro atoms. The first-order valence-electron chi connectivity index (χ1n) is 12.2. The Morgan fingerprint density at radius 1 is 1.03 bits per heavy atom. The third-order valence-corrected chi connectivity index (χ3v) is 8.27. The van der Waals surface area contributed by atoms with Crippen molar-refractivity contribution in [3.05, 3.63) is 78.1 Å². The van der Waals surface area contributed by atoms with E-state index in [1.807, 2.05) is 81.6 Å². The van der Waals surface area contributed by atoms with Gasteiger partial charge < -0.3 is 5.32 Å². The predicted molar refractivity (Wildman–Crippen MR) is 150 cm³/mol. The van der Waals surface area contributed by atoms with Gasteiger partial charge in [0.25, 0.3) is 10.0 Å². The average Bonchev–Trinajstić information content (AvgIpc) is 3.55. The van der Waals surface area contributed by atoms with Gasteiger partial charge in [0.15, 0.2) is 5.82 Å². The molecule has 4 aromatic heterocycles. The van der Waals surface area contributed by atoms with Crippen molar-refractivity contribution in [1.29, 1.82) is 0 Å². The van der Waals surface area contributed by atoms with E-state index in [-0.39, 0.29) is 27.7 Å². The average molecular weight is 562 g/mol. The SMILES string of the molecule is CC(C)(C)CC(=O)NS(=O)(=O)c1nc(-c2nc(NCc3ccccn3)c3c(-c4ccccc4)ccn3n2)cs1. The van der Waals surface area contributed by atoms with Crippen LogP contribution in [0, 0.1) is 5.41 Å². The van der Waals surface area contributed by atoms with Crippen molar-refractivity contribution in [3.63, 3.8) is 0 Å². The van der Waals surface area contributed by atoms with Gasteiger partial charge >= 0.3 is 0 Å². The molecule has 0 radical (unpaired) electrons. The second kappa shape index (κ2) is 10.5. The lowest BCUT2D eigenvalue weighted by Crippen LogP contribution is -2.33. The maximum absolute atomic E-state index is 12.8. The number of hydrogen-bond acceptors (Lipinski definition) is 9. The van der Waals surface area contributed by atoms with Gasteiger partial charge in [0, 0.05) is 29.8 Å². The summed E-state index contributed by atoms with van der Waals surface area (Å²) in [6.45, 7) is 6.00. The van der Waals surface area contributed by atoms with E-state index in [4.69, 9.17) is 4.98 Å². The van der Waals surface area contributed by atoms with Crippen LogP contribution in [0.2, 0.25) is 0 Å². The van der Waals surface area contributed by atoms with E-state index < -0.39 is 15.9 Å². The number of fused-ring (bicyclic) bond motifs is 1. The van der Waals surface area contributed by atoms with Crippen LogP contribution in [0.4, 0.5) is 5.82 Å².